The fourth-order valence-electron chi connectivity index (χ4n) is 3.66. The van der Waals surface area contributed by atoms with Crippen LogP contribution in [0, 0.1) is 5.92 Å². The van der Waals surface area contributed by atoms with Crippen molar-refractivity contribution in [1.29, 1.82) is 0 Å². The van der Waals surface area contributed by atoms with E-state index in [-0.39, 0.29) is 0 Å². The van der Waals surface area contributed by atoms with Gasteiger partial charge in [-0.3, -0.25) is 4.90 Å². The van der Waals surface area contributed by atoms with E-state index in [1.54, 1.807) is 0 Å². The van der Waals surface area contributed by atoms with E-state index in [0.29, 0.717) is 11.1 Å². The molecule has 0 saturated carbocycles. The van der Waals surface area contributed by atoms with Gasteiger partial charge in [-0.1, -0.05) is 0 Å². The minimum absolute atomic E-state index is 0.328. The van der Waals surface area contributed by atoms with Crippen molar-refractivity contribution >= 4 is 0 Å². The molecule has 2 fully saturated rings. The van der Waals surface area contributed by atoms with Crippen molar-refractivity contribution in [3.63, 3.8) is 0 Å². The van der Waals surface area contributed by atoms with Gasteiger partial charge in [-0.15, -0.1) is 0 Å². The third-order valence-corrected chi connectivity index (χ3v) is 4.13. The maximum atomic E-state index is 2.72. The Morgan fingerprint density at radius 1 is 1.29 bits per heavy atom. The Bertz CT molecular complexity index is 231. The summed E-state index contributed by atoms with van der Waals surface area (Å²) in [7, 11) is 2.25. The molecule has 2 nitrogen and oxygen atoms in total. The summed E-state index contributed by atoms with van der Waals surface area (Å²) in [6.45, 7) is 13.3. The zero-order chi connectivity index (χ0) is 10.6. The fourth-order valence-corrected chi connectivity index (χ4v) is 3.66. The summed E-state index contributed by atoms with van der Waals surface area (Å²) in [4.78, 5) is 5.21. The number of hydrogen-bond acceptors (Lipinski definition) is 2. The van der Waals surface area contributed by atoms with Gasteiger partial charge in [0.2, 0.25) is 0 Å². The smallest absolute Gasteiger partial charge is 0.0354 e. The number of nitrogens with zero attached hydrogens (tertiary/aromatic N) is 2. The van der Waals surface area contributed by atoms with E-state index in [1.165, 1.54) is 26.1 Å². The molecule has 2 unspecified atom stereocenters. The first-order valence-electron chi connectivity index (χ1n) is 5.80. The van der Waals surface area contributed by atoms with Crippen molar-refractivity contribution in [3.8, 4) is 0 Å². The molecule has 0 aromatic carbocycles. The first-order valence-corrected chi connectivity index (χ1v) is 5.80. The number of likely N-dealkylation sites (tertiary alicyclic amines) is 2. The number of rotatable bonds is 0. The second-order valence-electron chi connectivity index (χ2n) is 6.36. The molecule has 14 heavy (non-hydrogen) atoms. The molecule has 2 heteroatoms. The summed E-state index contributed by atoms with van der Waals surface area (Å²) in [5, 5.41) is 0. The molecule has 0 amide bonds. The Labute approximate surface area is 88.3 Å². The van der Waals surface area contributed by atoms with Crippen molar-refractivity contribution in [2.45, 2.75) is 45.2 Å². The highest BCUT2D eigenvalue weighted by Gasteiger charge is 2.52. The molecule has 0 aromatic heterocycles. The normalized spacial score (nSPS) is 40.5. The molecule has 0 radical (unpaired) electrons. The van der Waals surface area contributed by atoms with Crippen LogP contribution in [0.4, 0.5) is 0 Å². The van der Waals surface area contributed by atoms with Gasteiger partial charge >= 0.3 is 0 Å². The summed E-state index contributed by atoms with van der Waals surface area (Å²) in [5.74, 6) is 0.895. The Balaban J connectivity index is 2.23. The Morgan fingerprint density at radius 3 is 2.50 bits per heavy atom. The molecule has 2 aliphatic heterocycles. The predicted octanol–water partition coefficient (Wildman–Crippen LogP) is 1.81. The Hall–Kier alpha value is -0.0800. The second kappa shape index (κ2) is 2.96. The van der Waals surface area contributed by atoms with Crippen LogP contribution in [0.25, 0.3) is 0 Å². The minimum Gasteiger partial charge on any atom is -0.304 e. The first kappa shape index (κ1) is 10.4. The lowest BCUT2D eigenvalue weighted by atomic mass is 9.88. The Kier molecular flexibility index (Phi) is 2.20. The molecule has 0 aromatic rings. The van der Waals surface area contributed by atoms with Crippen molar-refractivity contribution < 1.29 is 0 Å². The number of hydrogen-bond donors (Lipinski definition) is 0. The van der Waals surface area contributed by atoms with Crippen LogP contribution < -0.4 is 0 Å². The lowest BCUT2D eigenvalue weighted by Crippen LogP contribution is -2.55. The van der Waals surface area contributed by atoms with Crippen LogP contribution in [0.3, 0.4) is 0 Å². The molecule has 2 atom stereocenters. The molecular formula is C12H24N2. The van der Waals surface area contributed by atoms with E-state index in [0.717, 1.165) is 5.92 Å². The molecule has 2 saturated heterocycles. The van der Waals surface area contributed by atoms with Gasteiger partial charge < -0.3 is 4.90 Å². The zero-order valence-electron chi connectivity index (χ0n) is 10.3. The lowest BCUT2D eigenvalue weighted by molar-refractivity contribution is 0.0483. The molecule has 82 valence electrons. The van der Waals surface area contributed by atoms with Crippen LogP contribution >= 0.6 is 0 Å². The highest BCUT2D eigenvalue weighted by molar-refractivity contribution is 5.08. The molecule has 2 aliphatic rings. The SMILES string of the molecule is CN1CC2CCN(C(C)(C)C)C2(C)C1. The van der Waals surface area contributed by atoms with E-state index < -0.39 is 0 Å². The van der Waals surface area contributed by atoms with E-state index in [4.69, 9.17) is 0 Å². The fraction of sp³-hybridized carbons (Fsp3) is 1.00. The molecular weight excluding hydrogens is 172 g/mol. The predicted molar refractivity (Wildman–Crippen MR) is 60.5 cm³/mol. The molecule has 2 heterocycles. The highest BCUT2D eigenvalue weighted by atomic mass is 15.3. The van der Waals surface area contributed by atoms with Crippen LogP contribution in [-0.2, 0) is 0 Å². The van der Waals surface area contributed by atoms with Crippen molar-refractivity contribution in [3.05, 3.63) is 0 Å². The van der Waals surface area contributed by atoms with Gasteiger partial charge in [-0.2, -0.15) is 0 Å². The molecule has 0 aliphatic carbocycles. The monoisotopic (exact) mass is 196 g/mol. The maximum Gasteiger partial charge on any atom is 0.0354 e. The second-order valence-corrected chi connectivity index (χ2v) is 6.36. The van der Waals surface area contributed by atoms with Crippen molar-refractivity contribution in [1.82, 2.24) is 9.80 Å². The number of likely N-dealkylation sites (N-methyl/N-ethyl adjacent to an activating group) is 1. The lowest BCUT2D eigenvalue weighted by Gasteiger charge is -2.44. The average molecular weight is 196 g/mol. The van der Waals surface area contributed by atoms with Crippen molar-refractivity contribution in [2.24, 2.45) is 5.92 Å². The average Bonchev–Trinajstić information content (AvgIpc) is 2.37. The zero-order valence-corrected chi connectivity index (χ0v) is 10.3. The van der Waals surface area contributed by atoms with Crippen LogP contribution in [0.2, 0.25) is 0 Å². The highest BCUT2D eigenvalue weighted by Crippen LogP contribution is 2.43. The largest absolute Gasteiger partial charge is 0.304 e. The van der Waals surface area contributed by atoms with Crippen LogP contribution in [0.5, 0.6) is 0 Å². The summed E-state index contributed by atoms with van der Waals surface area (Å²) >= 11 is 0. The maximum absolute atomic E-state index is 2.72. The molecule has 0 spiro atoms. The summed E-state index contributed by atoms with van der Waals surface area (Å²) in [6, 6.07) is 0. The van der Waals surface area contributed by atoms with Gasteiger partial charge in [0.05, 0.1) is 0 Å². The quantitative estimate of drug-likeness (QED) is 0.583. The van der Waals surface area contributed by atoms with E-state index in [2.05, 4.69) is 44.5 Å². The topological polar surface area (TPSA) is 6.48 Å². The van der Waals surface area contributed by atoms with Crippen LogP contribution in [0.15, 0.2) is 0 Å². The van der Waals surface area contributed by atoms with Gasteiger partial charge in [0.15, 0.2) is 0 Å². The van der Waals surface area contributed by atoms with Gasteiger partial charge in [-0.25, -0.2) is 0 Å². The van der Waals surface area contributed by atoms with Crippen LogP contribution in [-0.4, -0.2) is 47.6 Å². The minimum atomic E-state index is 0.328. The standard InChI is InChI=1S/C12H24N2/c1-11(2,3)14-7-6-10-8-13(5)9-12(10,14)4/h10H,6-9H2,1-5H3. The summed E-state index contributed by atoms with van der Waals surface area (Å²) in [6.07, 6.45) is 1.39. The third-order valence-electron chi connectivity index (χ3n) is 4.13. The van der Waals surface area contributed by atoms with Gasteiger partial charge in [0, 0.05) is 24.2 Å². The van der Waals surface area contributed by atoms with E-state index in [9.17, 15) is 0 Å². The summed E-state index contributed by atoms with van der Waals surface area (Å²) < 4.78 is 0. The number of fused-ring (bicyclic) bond motifs is 1. The molecule has 0 bridgehead atoms. The van der Waals surface area contributed by atoms with Gasteiger partial charge in [0.1, 0.15) is 0 Å². The molecule has 0 N–H and O–H groups in total. The Morgan fingerprint density at radius 2 is 1.93 bits per heavy atom. The van der Waals surface area contributed by atoms with E-state index >= 15 is 0 Å². The first-order chi connectivity index (χ1) is 6.34. The van der Waals surface area contributed by atoms with Gasteiger partial charge in [-0.05, 0) is 53.6 Å². The van der Waals surface area contributed by atoms with Gasteiger partial charge in [0.25, 0.3) is 0 Å². The summed E-state index contributed by atoms with van der Waals surface area (Å²) in [5.41, 5.74) is 0.766. The van der Waals surface area contributed by atoms with Crippen LogP contribution in [0.1, 0.15) is 34.1 Å². The molecule has 2 rings (SSSR count). The van der Waals surface area contributed by atoms with Crippen molar-refractivity contribution in [2.75, 3.05) is 26.7 Å². The third kappa shape index (κ3) is 1.40. The van der Waals surface area contributed by atoms with E-state index in [1.807, 2.05) is 0 Å².